The van der Waals surface area contributed by atoms with Gasteiger partial charge in [-0.3, -0.25) is 9.08 Å². The van der Waals surface area contributed by atoms with Gasteiger partial charge in [-0.2, -0.15) is 5.10 Å². The number of carbonyl (C=O) groups excluding carboxylic acids is 1. The first kappa shape index (κ1) is 12.4. The highest BCUT2D eigenvalue weighted by atomic mass is 16.5. The van der Waals surface area contributed by atoms with Crippen LogP contribution in [-0.4, -0.2) is 32.2 Å². The SMILES string of the molecule is CCn1nccc1-c1cnc2cc(C(=O)OC)ccn12. The number of methoxy groups -OCH3 is 1. The molecule has 3 aromatic heterocycles. The molecule has 0 radical (unpaired) electrons. The van der Waals surface area contributed by atoms with Gasteiger partial charge < -0.3 is 4.74 Å². The predicted molar refractivity (Wildman–Crippen MR) is 73.4 cm³/mol. The Bertz CT molecular complexity index is 772. The number of hydrogen-bond acceptors (Lipinski definition) is 4. The second-order valence-electron chi connectivity index (χ2n) is 4.31. The van der Waals surface area contributed by atoms with E-state index in [2.05, 4.69) is 10.1 Å². The first-order valence-electron chi connectivity index (χ1n) is 6.32. The van der Waals surface area contributed by atoms with Gasteiger partial charge in [0, 0.05) is 18.9 Å². The molecule has 20 heavy (non-hydrogen) atoms. The molecular formula is C14H14N4O2. The van der Waals surface area contributed by atoms with Crippen LogP contribution in [0.2, 0.25) is 0 Å². The minimum Gasteiger partial charge on any atom is -0.465 e. The maximum Gasteiger partial charge on any atom is 0.338 e. The predicted octanol–water partition coefficient (Wildman–Crippen LogP) is 2.00. The van der Waals surface area contributed by atoms with Crippen molar-refractivity contribution < 1.29 is 9.53 Å². The Labute approximate surface area is 115 Å². The van der Waals surface area contributed by atoms with E-state index in [9.17, 15) is 4.79 Å². The molecule has 3 aromatic rings. The molecule has 3 heterocycles. The monoisotopic (exact) mass is 270 g/mol. The van der Waals surface area contributed by atoms with Crippen molar-refractivity contribution in [2.75, 3.05) is 7.11 Å². The lowest BCUT2D eigenvalue weighted by molar-refractivity contribution is 0.0600. The maximum atomic E-state index is 11.5. The van der Waals surface area contributed by atoms with E-state index < -0.39 is 0 Å². The minimum absolute atomic E-state index is 0.365. The number of pyridine rings is 1. The number of hydrogen-bond donors (Lipinski definition) is 0. The number of rotatable bonds is 3. The number of carbonyl (C=O) groups is 1. The van der Waals surface area contributed by atoms with E-state index in [4.69, 9.17) is 4.74 Å². The Kier molecular flexibility index (Phi) is 2.98. The average molecular weight is 270 g/mol. The lowest BCUT2D eigenvalue weighted by Gasteiger charge is -2.05. The van der Waals surface area contributed by atoms with Gasteiger partial charge in [0.05, 0.1) is 30.3 Å². The summed E-state index contributed by atoms with van der Waals surface area (Å²) in [4.78, 5) is 15.9. The van der Waals surface area contributed by atoms with Gasteiger partial charge in [-0.25, -0.2) is 9.78 Å². The second-order valence-corrected chi connectivity index (χ2v) is 4.31. The zero-order valence-corrected chi connectivity index (χ0v) is 11.3. The number of aryl methyl sites for hydroxylation is 1. The lowest BCUT2D eigenvalue weighted by Crippen LogP contribution is -2.03. The van der Waals surface area contributed by atoms with Gasteiger partial charge in [0.15, 0.2) is 0 Å². The molecule has 6 nitrogen and oxygen atoms in total. The van der Waals surface area contributed by atoms with Crippen molar-refractivity contribution in [3.8, 4) is 11.4 Å². The van der Waals surface area contributed by atoms with Crippen LogP contribution < -0.4 is 0 Å². The molecule has 0 unspecified atom stereocenters. The van der Waals surface area contributed by atoms with E-state index >= 15 is 0 Å². The topological polar surface area (TPSA) is 61.4 Å². The summed E-state index contributed by atoms with van der Waals surface area (Å²) in [5.41, 5.74) is 3.12. The molecule has 0 spiro atoms. The van der Waals surface area contributed by atoms with Gasteiger partial charge in [0.25, 0.3) is 0 Å². The summed E-state index contributed by atoms with van der Waals surface area (Å²) in [6.45, 7) is 2.82. The van der Waals surface area contributed by atoms with Crippen molar-refractivity contribution >= 4 is 11.6 Å². The number of ether oxygens (including phenoxy) is 1. The normalized spacial score (nSPS) is 10.9. The van der Waals surface area contributed by atoms with E-state index in [1.54, 1.807) is 24.5 Å². The third-order valence-electron chi connectivity index (χ3n) is 3.21. The van der Waals surface area contributed by atoms with Crippen molar-refractivity contribution in [3.05, 3.63) is 42.4 Å². The number of esters is 1. The zero-order chi connectivity index (χ0) is 14.1. The second kappa shape index (κ2) is 4.80. The Morgan fingerprint density at radius 2 is 2.20 bits per heavy atom. The molecule has 0 aromatic carbocycles. The standard InChI is InChI=1S/C14H14N4O2/c1-3-18-11(4-6-16-18)12-9-15-13-8-10(14(19)20-2)5-7-17(12)13/h4-9H,3H2,1-2H3. The van der Waals surface area contributed by atoms with E-state index in [0.29, 0.717) is 11.2 Å². The van der Waals surface area contributed by atoms with Crippen LogP contribution in [0.25, 0.3) is 17.0 Å². The van der Waals surface area contributed by atoms with Gasteiger partial charge in [-0.1, -0.05) is 0 Å². The number of imidazole rings is 1. The molecule has 0 N–H and O–H groups in total. The van der Waals surface area contributed by atoms with Crippen LogP contribution in [-0.2, 0) is 11.3 Å². The van der Waals surface area contributed by atoms with Crippen LogP contribution in [0.4, 0.5) is 0 Å². The van der Waals surface area contributed by atoms with Crippen LogP contribution in [0.1, 0.15) is 17.3 Å². The molecule has 0 aliphatic heterocycles. The van der Waals surface area contributed by atoms with Crippen LogP contribution in [0.3, 0.4) is 0 Å². The average Bonchev–Trinajstić information content (AvgIpc) is 3.11. The summed E-state index contributed by atoms with van der Waals surface area (Å²) in [5, 5.41) is 4.26. The third-order valence-corrected chi connectivity index (χ3v) is 3.21. The Morgan fingerprint density at radius 3 is 2.95 bits per heavy atom. The molecule has 102 valence electrons. The van der Waals surface area contributed by atoms with Gasteiger partial charge in [-0.15, -0.1) is 0 Å². The molecule has 6 heteroatoms. The minimum atomic E-state index is -0.365. The first-order valence-corrected chi connectivity index (χ1v) is 6.32. The highest BCUT2D eigenvalue weighted by Gasteiger charge is 2.12. The van der Waals surface area contributed by atoms with Crippen molar-refractivity contribution in [1.82, 2.24) is 19.2 Å². The molecule has 0 bridgehead atoms. The molecule has 0 saturated carbocycles. The summed E-state index contributed by atoms with van der Waals surface area (Å²) in [7, 11) is 1.36. The number of nitrogens with zero attached hydrogens (tertiary/aromatic N) is 4. The molecule has 3 rings (SSSR count). The zero-order valence-electron chi connectivity index (χ0n) is 11.3. The quantitative estimate of drug-likeness (QED) is 0.683. The van der Waals surface area contributed by atoms with E-state index in [0.717, 1.165) is 17.9 Å². The van der Waals surface area contributed by atoms with Gasteiger partial charge in [0.2, 0.25) is 0 Å². The largest absolute Gasteiger partial charge is 0.465 e. The first-order chi connectivity index (χ1) is 9.74. The molecular weight excluding hydrogens is 256 g/mol. The summed E-state index contributed by atoms with van der Waals surface area (Å²) in [5.74, 6) is -0.365. The van der Waals surface area contributed by atoms with Crippen LogP contribution in [0.5, 0.6) is 0 Å². The fraction of sp³-hybridized carbons (Fsp3) is 0.214. The maximum absolute atomic E-state index is 11.5. The van der Waals surface area contributed by atoms with E-state index in [1.807, 2.05) is 28.3 Å². The van der Waals surface area contributed by atoms with Gasteiger partial charge in [-0.05, 0) is 25.1 Å². The third kappa shape index (κ3) is 1.85. The Morgan fingerprint density at radius 1 is 1.35 bits per heavy atom. The van der Waals surface area contributed by atoms with Crippen molar-refractivity contribution in [2.45, 2.75) is 13.5 Å². The highest BCUT2D eigenvalue weighted by Crippen LogP contribution is 2.21. The van der Waals surface area contributed by atoms with Crippen molar-refractivity contribution in [1.29, 1.82) is 0 Å². The van der Waals surface area contributed by atoms with Crippen molar-refractivity contribution in [3.63, 3.8) is 0 Å². The molecule has 0 amide bonds. The Balaban J connectivity index is 2.13. The molecule has 0 aliphatic carbocycles. The van der Waals surface area contributed by atoms with E-state index in [-0.39, 0.29) is 5.97 Å². The smallest absolute Gasteiger partial charge is 0.338 e. The van der Waals surface area contributed by atoms with Crippen LogP contribution in [0, 0.1) is 0 Å². The summed E-state index contributed by atoms with van der Waals surface area (Å²) in [6.07, 6.45) is 5.36. The Hall–Kier alpha value is -2.63. The fourth-order valence-corrected chi connectivity index (χ4v) is 2.22. The summed E-state index contributed by atoms with van der Waals surface area (Å²) >= 11 is 0. The number of fused-ring (bicyclic) bond motifs is 1. The van der Waals surface area contributed by atoms with Crippen LogP contribution in [0.15, 0.2) is 36.8 Å². The van der Waals surface area contributed by atoms with E-state index in [1.165, 1.54) is 7.11 Å². The van der Waals surface area contributed by atoms with Gasteiger partial charge in [0.1, 0.15) is 5.65 Å². The summed E-state index contributed by atoms with van der Waals surface area (Å²) in [6, 6.07) is 5.37. The molecule has 0 saturated heterocycles. The lowest BCUT2D eigenvalue weighted by atomic mass is 10.2. The molecule has 0 atom stereocenters. The number of aromatic nitrogens is 4. The fourth-order valence-electron chi connectivity index (χ4n) is 2.22. The highest BCUT2D eigenvalue weighted by molar-refractivity contribution is 5.90. The molecule has 0 aliphatic rings. The molecule has 0 fully saturated rings. The summed E-state index contributed by atoms with van der Waals surface area (Å²) < 4.78 is 8.54. The van der Waals surface area contributed by atoms with Crippen molar-refractivity contribution in [2.24, 2.45) is 0 Å². The van der Waals surface area contributed by atoms with Crippen LogP contribution >= 0.6 is 0 Å². The van der Waals surface area contributed by atoms with Gasteiger partial charge >= 0.3 is 5.97 Å².